The van der Waals surface area contributed by atoms with Gasteiger partial charge in [0, 0.05) is 6.21 Å². The van der Waals surface area contributed by atoms with Crippen molar-refractivity contribution in [2.24, 2.45) is 4.99 Å². The topological polar surface area (TPSA) is 29.4 Å². The Morgan fingerprint density at radius 2 is 2.08 bits per heavy atom. The molecule has 0 amide bonds. The molecule has 0 aliphatic carbocycles. The molecule has 0 heterocycles. The Hall–Kier alpha value is -1.18. The Bertz CT molecular complexity index is 249. The molecule has 0 atom stereocenters. The third-order valence-corrected chi connectivity index (χ3v) is 1.54. The summed E-state index contributed by atoms with van der Waals surface area (Å²) in [5.74, 6) is 0.0318. The molecule has 0 radical (unpaired) electrons. The average molecular weight is 179 g/mol. The van der Waals surface area contributed by atoms with E-state index in [9.17, 15) is 4.79 Å². The molecule has 0 aromatic rings. The van der Waals surface area contributed by atoms with Crippen molar-refractivity contribution in [2.75, 3.05) is 0 Å². The smallest absolute Gasteiger partial charge is 0.152 e. The molecule has 0 aliphatic rings. The number of allylic oxidation sites excluding steroid dienone is 2. The summed E-state index contributed by atoms with van der Waals surface area (Å²) in [6.45, 7) is 9.21. The van der Waals surface area contributed by atoms with Crippen molar-refractivity contribution in [1.82, 2.24) is 0 Å². The lowest BCUT2D eigenvalue weighted by Gasteiger charge is -1.97. The van der Waals surface area contributed by atoms with Gasteiger partial charge in [-0.1, -0.05) is 19.9 Å². The van der Waals surface area contributed by atoms with Crippen molar-refractivity contribution < 1.29 is 4.79 Å². The van der Waals surface area contributed by atoms with E-state index in [1.807, 2.05) is 13.1 Å². The normalized spacial score (nSPS) is 12.1. The summed E-state index contributed by atoms with van der Waals surface area (Å²) < 4.78 is 0. The zero-order valence-corrected chi connectivity index (χ0v) is 8.63. The predicted octanol–water partition coefficient (Wildman–Crippen LogP) is 2.91. The van der Waals surface area contributed by atoms with Crippen molar-refractivity contribution in [2.45, 2.75) is 33.6 Å². The van der Waals surface area contributed by atoms with Gasteiger partial charge in [-0.05, 0) is 31.9 Å². The molecule has 0 fully saturated rings. The molecule has 0 unspecified atom stereocenters. The summed E-state index contributed by atoms with van der Waals surface area (Å²) in [6.07, 6.45) is 5.41. The molecule has 0 bridgehead atoms. The second-order valence-corrected chi connectivity index (χ2v) is 2.99. The molecule has 0 aliphatic heterocycles. The molecule has 2 nitrogen and oxygen atoms in total. The van der Waals surface area contributed by atoms with Gasteiger partial charge in [0.15, 0.2) is 5.78 Å². The maximum atomic E-state index is 10.7. The van der Waals surface area contributed by atoms with E-state index in [4.69, 9.17) is 0 Å². The van der Waals surface area contributed by atoms with Gasteiger partial charge < -0.3 is 0 Å². The summed E-state index contributed by atoms with van der Waals surface area (Å²) in [4.78, 5) is 14.8. The molecule has 0 rings (SSSR count). The van der Waals surface area contributed by atoms with E-state index in [1.165, 1.54) is 6.92 Å². The van der Waals surface area contributed by atoms with Crippen LogP contribution in [0, 0.1) is 0 Å². The van der Waals surface area contributed by atoms with Crippen molar-refractivity contribution in [3.8, 4) is 0 Å². The zero-order chi connectivity index (χ0) is 10.3. The van der Waals surface area contributed by atoms with Crippen molar-refractivity contribution in [3.63, 3.8) is 0 Å². The standard InChI is InChI=1S/C11H17NO/c1-5-6-7-12-11(4)9(2)8-10(3)13/h7-8H,4-6H2,1-3H3/b9-8+,12-7?. The third-order valence-electron chi connectivity index (χ3n) is 1.54. The number of ketones is 1. The first-order valence-electron chi connectivity index (χ1n) is 4.48. The van der Waals surface area contributed by atoms with Crippen molar-refractivity contribution in [3.05, 3.63) is 23.9 Å². The van der Waals surface area contributed by atoms with Crippen LogP contribution in [-0.2, 0) is 4.79 Å². The highest BCUT2D eigenvalue weighted by Gasteiger charge is 1.94. The van der Waals surface area contributed by atoms with Crippen LogP contribution in [0.25, 0.3) is 0 Å². The van der Waals surface area contributed by atoms with E-state index in [1.54, 1.807) is 6.08 Å². The monoisotopic (exact) mass is 179 g/mol. The number of carbonyl (C=O) groups is 1. The minimum atomic E-state index is 0.0318. The van der Waals surface area contributed by atoms with Gasteiger partial charge in [0.05, 0.1) is 5.70 Å². The Morgan fingerprint density at radius 1 is 1.46 bits per heavy atom. The van der Waals surface area contributed by atoms with Crippen LogP contribution < -0.4 is 0 Å². The highest BCUT2D eigenvalue weighted by Crippen LogP contribution is 2.07. The number of aliphatic imine (C=N–C) groups is 1. The van der Waals surface area contributed by atoms with E-state index >= 15 is 0 Å². The lowest BCUT2D eigenvalue weighted by molar-refractivity contribution is -0.112. The lowest BCUT2D eigenvalue weighted by Crippen LogP contribution is -1.87. The molecule has 72 valence electrons. The fraction of sp³-hybridized carbons (Fsp3) is 0.455. The number of carbonyl (C=O) groups excluding carboxylic acids is 1. The number of unbranched alkanes of at least 4 members (excludes halogenated alkanes) is 1. The van der Waals surface area contributed by atoms with Crippen LogP contribution in [0.5, 0.6) is 0 Å². The second-order valence-electron chi connectivity index (χ2n) is 2.99. The van der Waals surface area contributed by atoms with E-state index in [2.05, 4.69) is 18.5 Å². The number of hydrogen-bond acceptors (Lipinski definition) is 2. The van der Waals surface area contributed by atoms with Gasteiger partial charge in [-0.2, -0.15) is 0 Å². The first-order valence-corrected chi connectivity index (χ1v) is 4.48. The van der Waals surface area contributed by atoms with Crippen LogP contribution in [-0.4, -0.2) is 12.0 Å². The molecule has 0 saturated carbocycles. The van der Waals surface area contributed by atoms with Gasteiger partial charge in [0.25, 0.3) is 0 Å². The molecule has 13 heavy (non-hydrogen) atoms. The Balaban J connectivity index is 4.19. The molecular formula is C11H17NO. The van der Waals surface area contributed by atoms with E-state index < -0.39 is 0 Å². The average Bonchev–Trinajstić information content (AvgIpc) is 2.03. The first kappa shape index (κ1) is 11.8. The Labute approximate surface area is 80.1 Å². The van der Waals surface area contributed by atoms with Crippen LogP contribution >= 0.6 is 0 Å². The second kappa shape index (κ2) is 6.35. The fourth-order valence-electron chi connectivity index (χ4n) is 0.794. The molecule has 0 aromatic carbocycles. The van der Waals surface area contributed by atoms with Gasteiger partial charge >= 0.3 is 0 Å². The zero-order valence-electron chi connectivity index (χ0n) is 8.63. The molecule has 0 aromatic heterocycles. The Kier molecular flexibility index (Phi) is 5.77. The van der Waals surface area contributed by atoms with Crippen LogP contribution in [0.15, 0.2) is 28.9 Å². The highest BCUT2D eigenvalue weighted by molar-refractivity contribution is 5.88. The van der Waals surface area contributed by atoms with Crippen LogP contribution in [0.4, 0.5) is 0 Å². The summed E-state index contributed by atoms with van der Waals surface area (Å²) in [5.41, 5.74) is 1.50. The lowest BCUT2D eigenvalue weighted by atomic mass is 10.2. The first-order chi connectivity index (χ1) is 6.07. The minimum absolute atomic E-state index is 0.0318. The van der Waals surface area contributed by atoms with Crippen LogP contribution in [0.1, 0.15) is 33.6 Å². The molecule has 2 heteroatoms. The molecule has 0 spiro atoms. The minimum Gasteiger partial charge on any atom is -0.295 e. The SMILES string of the molecule is C=C(N=CCCC)/C(C)=C/C(C)=O. The van der Waals surface area contributed by atoms with Gasteiger partial charge in [0.2, 0.25) is 0 Å². The quantitative estimate of drug-likeness (QED) is 0.362. The summed E-state index contributed by atoms with van der Waals surface area (Å²) in [5, 5.41) is 0. The number of hydrogen-bond donors (Lipinski definition) is 0. The van der Waals surface area contributed by atoms with Crippen LogP contribution in [0.3, 0.4) is 0 Å². The maximum absolute atomic E-state index is 10.7. The summed E-state index contributed by atoms with van der Waals surface area (Å²) >= 11 is 0. The molecule has 0 N–H and O–H groups in total. The summed E-state index contributed by atoms with van der Waals surface area (Å²) in [6, 6.07) is 0. The van der Waals surface area contributed by atoms with Gasteiger partial charge in [-0.3, -0.25) is 9.79 Å². The molecular weight excluding hydrogens is 162 g/mol. The van der Waals surface area contributed by atoms with Gasteiger partial charge in [-0.15, -0.1) is 0 Å². The van der Waals surface area contributed by atoms with Crippen molar-refractivity contribution >= 4 is 12.0 Å². The van der Waals surface area contributed by atoms with E-state index in [-0.39, 0.29) is 5.78 Å². The van der Waals surface area contributed by atoms with E-state index in [0.29, 0.717) is 5.70 Å². The highest BCUT2D eigenvalue weighted by atomic mass is 16.1. The summed E-state index contributed by atoms with van der Waals surface area (Å²) in [7, 11) is 0. The number of nitrogens with zero attached hydrogens (tertiary/aromatic N) is 1. The Morgan fingerprint density at radius 3 is 2.54 bits per heavy atom. The largest absolute Gasteiger partial charge is 0.295 e. The third kappa shape index (κ3) is 6.02. The fourth-order valence-corrected chi connectivity index (χ4v) is 0.794. The molecule has 0 saturated heterocycles. The number of rotatable bonds is 5. The van der Waals surface area contributed by atoms with Crippen LogP contribution in [0.2, 0.25) is 0 Å². The maximum Gasteiger partial charge on any atom is 0.152 e. The van der Waals surface area contributed by atoms with Crippen molar-refractivity contribution in [1.29, 1.82) is 0 Å². The van der Waals surface area contributed by atoms with Gasteiger partial charge in [-0.25, -0.2) is 0 Å². The van der Waals surface area contributed by atoms with Gasteiger partial charge in [0.1, 0.15) is 0 Å². The predicted molar refractivity (Wildman–Crippen MR) is 57.0 cm³/mol. The van der Waals surface area contributed by atoms with E-state index in [0.717, 1.165) is 18.4 Å².